The molecule has 0 amide bonds. The van der Waals surface area contributed by atoms with Gasteiger partial charge in [-0.25, -0.2) is 0 Å². The third kappa shape index (κ3) is 4.49. The van der Waals surface area contributed by atoms with E-state index in [1.54, 1.807) is 0 Å². The molecular weight excluding hydrogens is 204 g/mol. The van der Waals surface area contributed by atoms with E-state index in [1.165, 1.54) is 25.9 Å². The van der Waals surface area contributed by atoms with E-state index in [4.69, 9.17) is 5.11 Å². The van der Waals surface area contributed by atoms with Gasteiger partial charge in [0, 0.05) is 12.5 Å². The van der Waals surface area contributed by atoms with Crippen LogP contribution in [0.5, 0.6) is 0 Å². The van der Waals surface area contributed by atoms with Gasteiger partial charge in [0.1, 0.15) is 0 Å². The molecule has 0 saturated carbocycles. The maximum Gasteiger partial charge on any atom is 0.303 e. The average molecular weight is 228 g/mol. The predicted octanol–water partition coefficient (Wildman–Crippen LogP) is 1.17. The van der Waals surface area contributed by atoms with Crippen LogP contribution in [0.2, 0.25) is 0 Å². The van der Waals surface area contributed by atoms with Crippen LogP contribution in [0.3, 0.4) is 0 Å². The number of likely N-dealkylation sites (tertiary alicyclic amines) is 1. The molecule has 94 valence electrons. The second-order valence-corrected chi connectivity index (χ2v) is 4.82. The number of hydrogen-bond donors (Lipinski definition) is 2. The van der Waals surface area contributed by atoms with Gasteiger partial charge in [-0.3, -0.25) is 4.79 Å². The van der Waals surface area contributed by atoms with Gasteiger partial charge in [-0.1, -0.05) is 0 Å². The fourth-order valence-electron chi connectivity index (χ4n) is 2.52. The van der Waals surface area contributed by atoms with Gasteiger partial charge in [-0.05, 0) is 58.8 Å². The van der Waals surface area contributed by atoms with Crippen LogP contribution in [-0.2, 0) is 4.79 Å². The molecule has 0 aromatic rings. The van der Waals surface area contributed by atoms with Crippen molar-refractivity contribution in [1.29, 1.82) is 0 Å². The van der Waals surface area contributed by atoms with Crippen molar-refractivity contribution in [3.8, 4) is 0 Å². The zero-order valence-electron chi connectivity index (χ0n) is 10.4. The van der Waals surface area contributed by atoms with Gasteiger partial charge >= 0.3 is 5.97 Å². The summed E-state index contributed by atoms with van der Waals surface area (Å²) in [4.78, 5) is 12.8. The first-order valence-corrected chi connectivity index (χ1v) is 6.21. The van der Waals surface area contributed by atoms with Gasteiger partial charge in [-0.2, -0.15) is 0 Å². The van der Waals surface area contributed by atoms with E-state index < -0.39 is 5.97 Å². The summed E-state index contributed by atoms with van der Waals surface area (Å²) >= 11 is 0. The number of carboxylic acids is 1. The Morgan fingerprint density at radius 1 is 1.50 bits per heavy atom. The number of nitrogens with one attached hydrogen (secondary N) is 1. The third-order valence-corrected chi connectivity index (χ3v) is 3.61. The van der Waals surface area contributed by atoms with Crippen molar-refractivity contribution in [2.75, 3.05) is 27.2 Å². The molecule has 1 aliphatic rings. The lowest BCUT2D eigenvalue weighted by Crippen LogP contribution is -2.41. The van der Waals surface area contributed by atoms with Crippen LogP contribution in [0.1, 0.15) is 32.1 Å². The average Bonchev–Trinajstić information content (AvgIpc) is 2.26. The van der Waals surface area contributed by atoms with Crippen molar-refractivity contribution < 1.29 is 9.90 Å². The van der Waals surface area contributed by atoms with E-state index >= 15 is 0 Å². The summed E-state index contributed by atoms with van der Waals surface area (Å²) in [6, 6.07) is 0.494. The summed E-state index contributed by atoms with van der Waals surface area (Å²) in [5.41, 5.74) is 0. The van der Waals surface area contributed by atoms with Gasteiger partial charge in [0.05, 0.1) is 0 Å². The normalized spacial score (nSPS) is 20.9. The third-order valence-electron chi connectivity index (χ3n) is 3.61. The molecule has 1 saturated heterocycles. The minimum absolute atomic E-state index is 0.296. The predicted molar refractivity (Wildman–Crippen MR) is 64.6 cm³/mol. The van der Waals surface area contributed by atoms with Crippen molar-refractivity contribution in [1.82, 2.24) is 10.2 Å². The zero-order valence-corrected chi connectivity index (χ0v) is 10.4. The molecule has 4 nitrogen and oxygen atoms in total. The molecule has 1 fully saturated rings. The first-order chi connectivity index (χ1) is 7.63. The van der Waals surface area contributed by atoms with Crippen LogP contribution in [0.4, 0.5) is 0 Å². The quantitative estimate of drug-likeness (QED) is 0.716. The van der Waals surface area contributed by atoms with Crippen molar-refractivity contribution >= 4 is 5.97 Å². The smallest absolute Gasteiger partial charge is 0.303 e. The second kappa shape index (κ2) is 6.86. The lowest BCUT2D eigenvalue weighted by molar-refractivity contribution is -0.137. The number of carboxylic acid groups (broad SMARTS) is 1. The Morgan fingerprint density at radius 3 is 2.62 bits per heavy atom. The summed E-state index contributed by atoms with van der Waals surface area (Å²) in [7, 11) is 4.15. The standard InChI is InChI=1S/C12H24N2O2/c1-13-11(4-3-5-12(15)16)10-6-8-14(2)9-7-10/h10-11,13H,3-9H2,1-2H3,(H,15,16). The Hall–Kier alpha value is -0.610. The number of rotatable bonds is 6. The monoisotopic (exact) mass is 228 g/mol. The van der Waals surface area contributed by atoms with Gasteiger partial charge in [-0.15, -0.1) is 0 Å². The molecule has 0 aromatic heterocycles. The largest absolute Gasteiger partial charge is 0.481 e. The molecule has 1 aliphatic heterocycles. The topological polar surface area (TPSA) is 52.6 Å². The zero-order chi connectivity index (χ0) is 12.0. The van der Waals surface area contributed by atoms with Crippen molar-refractivity contribution in [2.24, 2.45) is 5.92 Å². The van der Waals surface area contributed by atoms with Crippen molar-refractivity contribution in [2.45, 2.75) is 38.1 Å². The van der Waals surface area contributed by atoms with E-state index in [2.05, 4.69) is 17.3 Å². The van der Waals surface area contributed by atoms with Crippen molar-refractivity contribution in [3.63, 3.8) is 0 Å². The fourth-order valence-corrected chi connectivity index (χ4v) is 2.52. The molecule has 0 aliphatic carbocycles. The maximum atomic E-state index is 10.5. The highest BCUT2D eigenvalue weighted by Crippen LogP contribution is 2.22. The number of hydrogen-bond acceptors (Lipinski definition) is 3. The van der Waals surface area contributed by atoms with Crippen LogP contribution in [-0.4, -0.2) is 49.2 Å². The number of carbonyl (C=O) groups is 1. The summed E-state index contributed by atoms with van der Waals surface area (Å²) in [5.74, 6) is 0.0354. The van der Waals surface area contributed by atoms with E-state index in [9.17, 15) is 4.79 Å². The molecule has 1 unspecified atom stereocenters. The summed E-state index contributed by atoms with van der Waals surface area (Å²) < 4.78 is 0. The molecule has 0 spiro atoms. The Bertz CT molecular complexity index is 213. The molecule has 2 N–H and O–H groups in total. The highest BCUT2D eigenvalue weighted by atomic mass is 16.4. The van der Waals surface area contributed by atoms with Crippen LogP contribution in [0.25, 0.3) is 0 Å². The van der Waals surface area contributed by atoms with Crippen LogP contribution in [0.15, 0.2) is 0 Å². The highest BCUT2D eigenvalue weighted by Gasteiger charge is 2.23. The van der Waals surface area contributed by atoms with Crippen LogP contribution < -0.4 is 5.32 Å². The van der Waals surface area contributed by atoms with Gasteiger partial charge in [0.2, 0.25) is 0 Å². The molecule has 4 heteroatoms. The van der Waals surface area contributed by atoms with Gasteiger partial charge in [0.25, 0.3) is 0 Å². The molecule has 0 aromatic carbocycles. The highest BCUT2D eigenvalue weighted by molar-refractivity contribution is 5.66. The Kier molecular flexibility index (Phi) is 5.77. The fraction of sp³-hybridized carbons (Fsp3) is 0.917. The number of nitrogens with zero attached hydrogens (tertiary/aromatic N) is 1. The lowest BCUT2D eigenvalue weighted by atomic mass is 9.87. The van der Waals surface area contributed by atoms with Crippen LogP contribution >= 0.6 is 0 Å². The van der Waals surface area contributed by atoms with E-state index in [0.29, 0.717) is 12.5 Å². The summed E-state index contributed by atoms with van der Waals surface area (Å²) in [5, 5.41) is 12.0. The Balaban J connectivity index is 2.27. The first-order valence-electron chi connectivity index (χ1n) is 6.21. The van der Waals surface area contributed by atoms with E-state index in [-0.39, 0.29) is 0 Å². The minimum atomic E-state index is -0.682. The first kappa shape index (κ1) is 13.5. The van der Waals surface area contributed by atoms with Gasteiger partial charge < -0.3 is 15.3 Å². The molecule has 0 radical (unpaired) electrons. The van der Waals surface area contributed by atoms with Crippen molar-refractivity contribution in [3.05, 3.63) is 0 Å². The van der Waals surface area contributed by atoms with Crippen LogP contribution in [0, 0.1) is 5.92 Å². The maximum absolute atomic E-state index is 10.5. The summed E-state index contributed by atoms with van der Waals surface area (Å²) in [6.45, 7) is 2.34. The van der Waals surface area contributed by atoms with E-state index in [1.807, 2.05) is 7.05 Å². The molecular formula is C12H24N2O2. The number of aliphatic carboxylic acids is 1. The SMILES string of the molecule is CNC(CCCC(=O)O)C1CCN(C)CC1. The van der Waals surface area contributed by atoms with Gasteiger partial charge in [0.15, 0.2) is 0 Å². The Morgan fingerprint density at radius 2 is 2.12 bits per heavy atom. The molecule has 1 heterocycles. The number of piperidine rings is 1. The minimum Gasteiger partial charge on any atom is -0.481 e. The lowest BCUT2D eigenvalue weighted by Gasteiger charge is -2.34. The summed E-state index contributed by atoms with van der Waals surface area (Å²) in [6.07, 6.45) is 4.53. The second-order valence-electron chi connectivity index (χ2n) is 4.82. The molecule has 0 bridgehead atoms. The molecule has 1 atom stereocenters. The molecule has 16 heavy (non-hydrogen) atoms. The Labute approximate surface area is 98.0 Å². The van der Waals surface area contributed by atoms with E-state index in [0.717, 1.165) is 18.8 Å². The molecule has 1 rings (SSSR count).